The molecule has 0 heterocycles. The van der Waals surface area contributed by atoms with Gasteiger partial charge in [0.2, 0.25) is 5.82 Å². The summed E-state index contributed by atoms with van der Waals surface area (Å²) in [4.78, 5) is 0. The molecule has 1 nitrogen and oxygen atoms in total. The van der Waals surface area contributed by atoms with Gasteiger partial charge in [0, 0.05) is 11.1 Å². The minimum Gasteiger partial charge on any atom is -0.491 e. The van der Waals surface area contributed by atoms with Gasteiger partial charge >= 0.3 is 0 Å². The van der Waals surface area contributed by atoms with Crippen LogP contribution < -0.4 is 4.74 Å². The molecular weight excluding hydrogens is 370 g/mol. The number of aryl methyl sites for hydroxylation is 1. The molecular formula is C20H18F6O. The Morgan fingerprint density at radius 3 is 2.19 bits per heavy atom. The molecule has 0 bridgehead atoms. The summed E-state index contributed by atoms with van der Waals surface area (Å²) in [6.07, 6.45) is 1.56. The lowest BCUT2D eigenvalue weighted by Crippen LogP contribution is -2.01. The van der Waals surface area contributed by atoms with Crippen LogP contribution in [0, 0.1) is 23.3 Å². The fourth-order valence-electron chi connectivity index (χ4n) is 2.60. The first-order chi connectivity index (χ1) is 12.9. The highest BCUT2D eigenvalue weighted by Crippen LogP contribution is 2.33. The summed E-state index contributed by atoms with van der Waals surface area (Å²) in [6, 6.07) is 4.68. The van der Waals surface area contributed by atoms with Crippen molar-refractivity contribution in [3.63, 3.8) is 0 Å². The summed E-state index contributed by atoms with van der Waals surface area (Å²) >= 11 is 0. The molecule has 0 aliphatic heterocycles. The van der Waals surface area contributed by atoms with Crippen LogP contribution in [-0.2, 0) is 6.42 Å². The molecule has 0 amide bonds. The Kier molecular flexibility index (Phi) is 7.33. The average Bonchev–Trinajstić information content (AvgIpc) is 2.66. The lowest BCUT2D eigenvalue weighted by molar-refractivity contribution is 0.314. The Morgan fingerprint density at radius 1 is 0.926 bits per heavy atom. The van der Waals surface area contributed by atoms with Crippen LogP contribution in [0.15, 0.2) is 36.2 Å². The van der Waals surface area contributed by atoms with E-state index < -0.39 is 46.9 Å². The topological polar surface area (TPSA) is 9.23 Å². The molecule has 0 fully saturated rings. The third-order valence-electron chi connectivity index (χ3n) is 3.94. The SMILES string of the molecule is CCOc1ccc(-c2ccc(CCCC=C(F)CF)c(F)c2F)c(F)c1F. The van der Waals surface area contributed by atoms with Crippen LogP contribution >= 0.6 is 0 Å². The van der Waals surface area contributed by atoms with Gasteiger partial charge in [-0.25, -0.2) is 22.0 Å². The van der Waals surface area contributed by atoms with Crippen molar-refractivity contribution in [1.29, 1.82) is 0 Å². The zero-order valence-electron chi connectivity index (χ0n) is 14.6. The number of halogens is 6. The first-order valence-corrected chi connectivity index (χ1v) is 8.39. The van der Waals surface area contributed by atoms with Gasteiger partial charge in [0.05, 0.1) is 6.61 Å². The van der Waals surface area contributed by atoms with Gasteiger partial charge in [0.15, 0.2) is 23.2 Å². The number of hydrogen-bond acceptors (Lipinski definition) is 1. The zero-order valence-corrected chi connectivity index (χ0v) is 14.6. The van der Waals surface area contributed by atoms with Crippen molar-refractivity contribution in [2.75, 3.05) is 13.3 Å². The van der Waals surface area contributed by atoms with Crippen LogP contribution in [0.3, 0.4) is 0 Å². The van der Waals surface area contributed by atoms with E-state index in [1.165, 1.54) is 6.07 Å². The number of hydrogen-bond donors (Lipinski definition) is 0. The molecule has 2 aromatic carbocycles. The van der Waals surface area contributed by atoms with Gasteiger partial charge in [0.25, 0.3) is 0 Å². The zero-order chi connectivity index (χ0) is 20.0. The molecule has 0 saturated carbocycles. The van der Waals surface area contributed by atoms with Crippen molar-refractivity contribution in [1.82, 2.24) is 0 Å². The first-order valence-electron chi connectivity index (χ1n) is 8.39. The van der Waals surface area contributed by atoms with Gasteiger partial charge in [-0.1, -0.05) is 18.2 Å². The minimum absolute atomic E-state index is 0.0112. The Hall–Kier alpha value is -2.44. The second-order valence-electron chi connectivity index (χ2n) is 5.75. The van der Waals surface area contributed by atoms with E-state index in [1.807, 2.05) is 0 Å². The Balaban J connectivity index is 2.26. The van der Waals surface area contributed by atoms with Crippen molar-refractivity contribution in [3.8, 4) is 16.9 Å². The van der Waals surface area contributed by atoms with E-state index >= 15 is 0 Å². The quantitative estimate of drug-likeness (QED) is 0.373. The molecule has 0 atom stereocenters. The second-order valence-corrected chi connectivity index (χ2v) is 5.75. The average molecular weight is 388 g/mol. The number of allylic oxidation sites excluding steroid dienone is 2. The van der Waals surface area contributed by atoms with Crippen LogP contribution in [-0.4, -0.2) is 13.3 Å². The van der Waals surface area contributed by atoms with Crippen molar-refractivity contribution in [3.05, 3.63) is 65.0 Å². The summed E-state index contributed by atoms with van der Waals surface area (Å²) in [5.41, 5.74) is -0.831. The number of ether oxygens (including phenoxy) is 1. The van der Waals surface area contributed by atoms with Gasteiger partial charge in [-0.2, -0.15) is 4.39 Å². The highest BCUT2D eigenvalue weighted by atomic mass is 19.2. The predicted octanol–water partition coefficient (Wildman–Crippen LogP) is 6.45. The van der Waals surface area contributed by atoms with E-state index in [2.05, 4.69) is 0 Å². The van der Waals surface area contributed by atoms with Gasteiger partial charge in [-0.3, -0.25) is 0 Å². The molecule has 0 radical (unpaired) electrons. The van der Waals surface area contributed by atoms with E-state index in [-0.39, 0.29) is 37.2 Å². The molecule has 0 aromatic heterocycles. The van der Waals surface area contributed by atoms with E-state index in [0.717, 1.165) is 24.3 Å². The molecule has 7 heteroatoms. The van der Waals surface area contributed by atoms with Crippen LogP contribution in [0.5, 0.6) is 5.75 Å². The minimum atomic E-state index is -1.33. The van der Waals surface area contributed by atoms with Crippen molar-refractivity contribution < 1.29 is 31.1 Å². The van der Waals surface area contributed by atoms with Gasteiger partial charge in [0.1, 0.15) is 12.5 Å². The lowest BCUT2D eigenvalue weighted by Gasteiger charge is -2.12. The van der Waals surface area contributed by atoms with Crippen molar-refractivity contribution in [2.45, 2.75) is 26.2 Å². The maximum atomic E-state index is 14.4. The van der Waals surface area contributed by atoms with Crippen LogP contribution in [0.1, 0.15) is 25.3 Å². The number of rotatable bonds is 8. The molecule has 2 aromatic rings. The Morgan fingerprint density at radius 2 is 1.56 bits per heavy atom. The van der Waals surface area contributed by atoms with E-state index in [9.17, 15) is 26.3 Å². The van der Waals surface area contributed by atoms with Crippen LogP contribution in [0.25, 0.3) is 11.1 Å². The smallest absolute Gasteiger partial charge is 0.201 e. The molecule has 0 unspecified atom stereocenters. The Bertz CT molecular complexity index is 832. The normalized spacial score (nSPS) is 11.7. The summed E-state index contributed by atoms with van der Waals surface area (Å²) in [5.74, 6) is -6.33. The molecule has 0 aliphatic carbocycles. The molecule has 146 valence electrons. The van der Waals surface area contributed by atoms with Crippen molar-refractivity contribution >= 4 is 0 Å². The molecule has 27 heavy (non-hydrogen) atoms. The van der Waals surface area contributed by atoms with Gasteiger partial charge in [-0.15, -0.1) is 0 Å². The second kappa shape index (κ2) is 9.48. The van der Waals surface area contributed by atoms with E-state index in [1.54, 1.807) is 6.92 Å². The molecule has 0 saturated heterocycles. The van der Waals surface area contributed by atoms with E-state index in [0.29, 0.717) is 0 Å². The number of alkyl halides is 1. The number of unbranched alkanes of at least 4 members (excludes halogenated alkanes) is 1. The largest absolute Gasteiger partial charge is 0.491 e. The predicted molar refractivity (Wildman–Crippen MR) is 91.0 cm³/mol. The third kappa shape index (κ3) is 4.84. The molecule has 0 aliphatic rings. The summed E-state index contributed by atoms with van der Waals surface area (Å²) in [7, 11) is 0. The summed E-state index contributed by atoms with van der Waals surface area (Å²) in [6.45, 7) is 0.514. The van der Waals surface area contributed by atoms with Gasteiger partial charge < -0.3 is 4.74 Å². The molecule has 0 spiro atoms. The lowest BCUT2D eigenvalue weighted by atomic mass is 9.99. The van der Waals surface area contributed by atoms with Crippen LogP contribution in [0.4, 0.5) is 26.3 Å². The van der Waals surface area contributed by atoms with Crippen LogP contribution in [0.2, 0.25) is 0 Å². The fourth-order valence-corrected chi connectivity index (χ4v) is 2.60. The third-order valence-corrected chi connectivity index (χ3v) is 3.94. The fraction of sp³-hybridized carbons (Fsp3) is 0.300. The highest BCUT2D eigenvalue weighted by molar-refractivity contribution is 5.66. The maximum absolute atomic E-state index is 14.4. The first kappa shape index (κ1) is 20.9. The highest BCUT2D eigenvalue weighted by Gasteiger charge is 2.21. The van der Waals surface area contributed by atoms with E-state index in [4.69, 9.17) is 4.74 Å². The molecule has 2 rings (SSSR count). The van der Waals surface area contributed by atoms with Gasteiger partial charge in [-0.05, 0) is 43.9 Å². The summed E-state index contributed by atoms with van der Waals surface area (Å²) in [5, 5.41) is 0. The maximum Gasteiger partial charge on any atom is 0.201 e. The molecule has 0 N–H and O–H groups in total. The Labute approximate surface area is 153 Å². The van der Waals surface area contributed by atoms with Crippen molar-refractivity contribution in [2.24, 2.45) is 0 Å². The standard InChI is InChI=1S/C20H18F6O/c1-2-27-16-10-9-15(19(25)20(16)26)14-8-7-12(17(23)18(14)24)5-3-4-6-13(22)11-21/h6-10H,2-5,11H2,1H3. The monoisotopic (exact) mass is 388 g/mol. The number of benzene rings is 2. The summed E-state index contributed by atoms with van der Waals surface area (Å²) < 4.78 is 86.4.